The smallest absolute Gasteiger partial charge is 0.353 e. The minimum absolute atomic E-state index is 0.186. The Morgan fingerprint density at radius 3 is 2.80 bits per heavy atom. The topological polar surface area (TPSA) is 80.8 Å². The number of fused-ring (bicyclic) bond motifs is 1. The summed E-state index contributed by atoms with van der Waals surface area (Å²) in [5.41, 5.74) is 1.05. The number of allylic oxidation sites excluding steroid dienone is 1. The van der Waals surface area contributed by atoms with E-state index in [0.29, 0.717) is 19.4 Å². The summed E-state index contributed by atoms with van der Waals surface area (Å²) < 4.78 is 7.14. The molecular weight excluding hydrogens is 318 g/mol. The van der Waals surface area contributed by atoms with Crippen molar-refractivity contribution in [2.45, 2.75) is 64.1 Å². The van der Waals surface area contributed by atoms with Crippen molar-refractivity contribution >= 4 is 11.6 Å². The van der Waals surface area contributed by atoms with Crippen LogP contribution in [0.25, 0.3) is 11.6 Å². The van der Waals surface area contributed by atoms with Gasteiger partial charge in [0.25, 0.3) is 0 Å². The molecule has 25 heavy (non-hydrogen) atoms. The van der Waals surface area contributed by atoms with Crippen molar-refractivity contribution in [3.05, 3.63) is 29.1 Å². The summed E-state index contributed by atoms with van der Waals surface area (Å²) >= 11 is 0. The number of hydrogen-bond donors (Lipinski definition) is 2. The van der Waals surface area contributed by atoms with E-state index in [2.05, 4.69) is 11.2 Å². The van der Waals surface area contributed by atoms with Crippen LogP contribution in [0.15, 0.2) is 17.4 Å². The van der Waals surface area contributed by atoms with Crippen molar-refractivity contribution in [1.29, 1.82) is 0 Å². The van der Waals surface area contributed by atoms with Crippen molar-refractivity contribution in [1.82, 2.24) is 4.98 Å². The molecular formula is C19H28N3O3+. The molecule has 6 nitrogen and oxygen atoms in total. The lowest BCUT2D eigenvalue weighted by Gasteiger charge is -2.38. The van der Waals surface area contributed by atoms with Gasteiger partial charge in [0, 0.05) is 18.6 Å². The van der Waals surface area contributed by atoms with Gasteiger partial charge in [-0.3, -0.25) is 0 Å². The van der Waals surface area contributed by atoms with Crippen molar-refractivity contribution in [3.63, 3.8) is 0 Å². The van der Waals surface area contributed by atoms with Gasteiger partial charge in [-0.15, -0.1) is 0 Å². The molecule has 3 rings (SSSR count). The molecule has 0 spiro atoms. The Hall–Kier alpha value is -1.63. The highest BCUT2D eigenvalue weighted by Gasteiger charge is 2.41. The Kier molecular flexibility index (Phi) is 5.32. The summed E-state index contributed by atoms with van der Waals surface area (Å²) in [6.45, 7) is 6.63. The maximum absolute atomic E-state index is 10.7. The molecule has 2 heterocycles. The minimum atomic E-state index is -1.05. The molecule has 1 aliphatic carbocycles. The van der Waals surface area contributed by atoms with Gasteiger partial charge in [0.2, 0.25) is 0 Å². The molecule has 1 fully saturated rings. The van der Waals surface area contributed by atoms with Gasteiger partial charge >= 0.3 is 5.82 Å². The third-order valence-electron chi connectivity index (χ3n) is 5.36. The molecule has 1 unspecified atom stereocenters. The number of aliphatic hydroxyl groups excluding tert-OH is 1. The lowest BCUT2D eigenvalue weighted by molar-refractivity contribution is -0.561. The zero-order chi connectivity index (χ0) is 18.0. The summed E-state index contributed by atoms with van der Waals surface area (Å²) in [4.78, 5) is 4.82. The molecule has 2 aliphatic rings. The van der Waals surface area contributed by atoms with Crippen molar-refractivity contribution in [2.75, 3.05) is 13.2 Å². The van der Waals surface area contributed by atoms with Crippen LogP contribution < -0.4 is 9.71 Å². The second-order valence-electron chi connectivity index (χ2n) is 7.01. The first-order chi connectivity index (χ1) is 12.0. The monoisotopic (exact) mass is 346 g/mol. The Balaban J connectivity index is 1.77. The zero-order valence-electron chi connectivity index (χ0n) is 15.3. The Morgan fingerprint density at radius 1 is 1.44 bits per heavy atom. The number of aliphatic hydroxyl groups is 2. The number of nitrogens with zero attached hydrogens (tertiary/aromatic N) is 3. The van der Waals surface area contributed by atoms with Crippen LogP contribution in [-0.4, -0.2) is 40.1 Å². The van der Waals surface area contributed by atoms with E-state index in [1.807, 2.05) is 37.4 Å². The van der Waals surface area contributed by atoms with Crippen molar-refractivity contribution in [2.24, 2.45) is 5.11 Å². The minimum Gasteiger partial charge on any atom is -0.388 e. The Morgan fingerprint density at radius 2 is 2.16 bits per heavy atom. The molecule has 1 aromatic heterocycles. The largest absolute Gasteiger partial charge is 0.388 e. The van der Waals surface area contributed by atoms with Crippen LogP contribution in [0.5, 0.6) is 0 Å². The van der Waals surface area contributed by atoms with Gasteiger partial charge in [-0.1, -0.05) is 9.48 Å². The lowest BCUT2D eigenvalue weighted by Crippen LogP contribution is -2.47. The number of hydrogen-bond acceptors (Lipinski definition) is 5. The van der Waals surface area contributed by atoms with Gasteiger partial charge in [0.15, 0.2) is 11.0 Å². The summed E-state index contributed by atoms with van der Waals surface area (Å²) in [7, 11) is 0. The fraction of sp³-hybridized carbons (Fsp3) is 0.632. The van der Waals surface area contributed by atoms with Crippen LogP contribution in [0.4, 0.5) is 0 Å². The van der Waals surface area contributed by atoms with E-state index in [4.69, 9.17) is 9.72 Å². The SMILES string of the molecule is CC=c1cc(C2CCC(O)(C(O)COCC)CC2)nc2[n+]1=NC=C2C. The first-order valence-electron chi connectivity index (χ1n) is 9.11. The van der Waals surface area contributed by atoms with E-state index in [1.165, 1.54) is 0 Å². The molecule has 0 aromatic carbocycles. The maximum Gasteiger partial charge on any atom is 0.353 e. The van der Waals surface area contributed by atoms with E-state index in [9.17, 15) is 10.2 Å². The van der Waals surface area contributed by atoms with E-state index in [1.54, 1.807) is 0 Å². The Bertz CT molecular complexity index is 780. The van der Waals surface area contributed by atoms with Crippen LogP contribution >= 0.6 is 0 Å². The van der Waals surface area contributed by atoms with Crippen molar-refractivity contribution in [3.8, 4) is 0 Å². The highest BCUT2D eigenvalue weighted by atomic mass is 16.5. The third-order valence-corrected chi connectivity index (χ3v) is 5.36. The van der Waals surface area contributed by atoms with Crippen LogP contribution in [-0.2, 0) is 4.74 Å². The molecule has 1 aromatic rings. The number of aromatic nitrogens is 2. The lowest BCUT2D eigenvalue weighted by atomic mass is 9.75. The van der Waals surface area contributed by atoms with Crippen molar-refractivity contribution < 1.29 is 19.3 Å². The first-order valence-corrected chi connectivity index (χ1v) is 9.11. The van der Waals surface area contributed by atoms with Gasteiger partial charge in [-0.05, 0) is 57.5 Å². The van der Waals surface area contributed by atoms with E-state index in [-0.39, 0.29) is 12.5 Å². The average molecular weight is 346 g/mol. The summed E-state index contributed by atoms with van der Waals surface area (Å²) in [6.07, 6.45) is 5.77. The summed E-state index contributed by atoms with van der Waals surface area (Å²) in [5, 5.41) is 26.4. The summed E-state index contributed by atoms with van der Waals surface area (Å²) in [5.74, 6) is 1.18. The Labute approximate surface area is 148 Å². The second kappa shape index (κ2) is 7.32. The van der Waals surface area contributed by atoms with Crippen LogP contribution in [0.2, 0.25) is 0 Å². The molecule has 1 aliphatic heterocycles. The fourth-order valence-electron chi connectivity index (χ4n) is 3.66. The fourth-order valence-corrected chi connectivity index (χ4v) is 3.66. The van der Waals surface area contributed by atoms with E-state index in [0.717, 1.165) is 35.3 Å². The van der Waals surface area contributed by atoms with Gasteiger partial charge < -0.3 is 14.9 Å². The molecule has 0 saturated heterocycles. The maximum atomic E-state index is 10.7. The summed E-state index contributed by atoms with van der Waals surface area (Å²) in [6, 6.07) is 2.09. The quantitative estimate of drug-likeness (QED) is 0.789. The van der Waals surface area contributed by atoms with Gasteiger partial charge in [-0.2, -0.15) is 0 Å². The van der Waals surface area contributed by atoms with E-state index < -0.39 is 11.7 Å². The molecule has 136 valence electrons. The molecule has 2 N–H and O–H groups in total. The van der Waals surface area contributed by atoms with Gasteiger partial charge in [0.05, 0.1) is 24.0 Å². The highest BCUT2D eigenvalue weighted by Crippen LogP contribution is 2.39. The predicted octanol–water partition coefficient (Wildman–Crippen LogP) is 1.36. The van der Waals surface area contributed by atoms with Gasteiger partial charge in [0.1, 0.15) is 6.10 Å². The normalized spacial score (nSPS) is 27.6. The second-order valence-corrected chi connectivity index (χ2v) is 7.01. The van der Waals surface area contributed by atoms with Crippen LogP contribution in [0.3, 0.4) is 0 Å². The first kappa shape index (κ1) is 18.2. The third kappa shape index (κ3) is 3.52. The molecule has 0 radical (unpaired) electrons. The standard InChI is InChI=1S/C19H28N3O3/c1-4-15-10-16(21-18-13(3)11-20-22(15)18)14-6-8-19(24,9-7-14)17(23)12-25-5-2/h4,10-11,14,17,23-24H,5-9,12H2,1-3H3/q+1. The predicted molar refractivity (Wildman–Crippen MR) is 94.3 cm³/mol. The molecule has 1 atom stereocenters. The highest BCUT2D eigenvalue weighted by molar-refractivity contribution is 5.55. The average Bonchev–Trinajstić information content (AvgIpc) is 3.00. The zero-order valence-corrected chi connectivity index (χ0v) is 15.3. The molecule has 0 amide bonds. The molecule has 1 saturated carbocycles. The number of ether oxygens (including phenoxy) is 1. The molecule has 6 heteroatoms. The van der Waals surface area contributed by atoms with Crippen LogP contribution in [0.1, 0.15) is 63.9 Å². The van der Waals surface area contributed by atoms with Crippen LogP contribution in [0, 0.1) is 0 Å². The van der Waals surface area contributed by atoms with Gasteiger partial charge in [-0.25, -0.2) is 0 Å². The number of rotatable bonds is 5. The van der Waals surface area contributed by atoms with E-state index >= 15 is 0 Å². The molecule has 0 bridgehead atoms.